The first-order chi connectivity index (χ1) is 69.3. The lowest BCUT2D eigenvalue weighted by molar-refractivity contribution is 0.0513. The maximum atomic E-state index is 11.9. The van der Waals surface area contributed by atoms with Crippen LogP contribution in [0.15, 0.2) is 276 Å². The fraction of sp³-hybridized carbons (Fsp3) is 0.196. The molecule has 4 saturated carbocycles. The summed E-state index contributed by atoms with van der Waals surface area (Å²) in [5.74, 6) is 2.29. The van der Waals surface area contributed by atoms with E-state index in [1.54, 1.807) is 124 Å². The number of aromatic carboxylic acids is 1. The van der Waals surface area contributed by atoms with Crippen LogP contribution in [0.5, 0.6) is 0 Å². The Hall–Kier alpha value is -14.9. The molecule has 0 atom stereocenters. The fourth-order valence-corrected chi connectivity index (χ4v) is 19.0. The minimum absolute atomic E-state index is 0.0663. The lowest BCUT2D eigenvalue weighted by atomic mass is 10.1. The largest absolute Gasteiger partial charge is 0.476 e. The summed E-state index contributed by atoms with van der Waals surface area (Å²) in [6.45, 7) is 7.85. The number of hydrogen-bond donors (Lipinski definition) is 8. The van der Waals surface area contributed by atoms with Crippen molar-refractivity contribution in [3.05, 3.63) is 287 Å². The third-order valence-electron chi connectivity index (χ3n) is 19.4. The van der Waals surface area contributed by atoms with Crippen molar-refractivity contribution in [3.8, 4) is 106 Å². The Morgan fingerprint density at radius 2 is 0.636 bits per heavy atom. The summed E-state index contributed by atoms with van der Waals surface area (Å²) in [6.07, 6.45) is 8.52. The van der Waals surface area contributed by atoms with Gasteiger partial charge in [-0.25, -0.2) is 9.59 Å². The highest BCUT2D eigenvalue weighted by molar-refractivity contribution is 9.10. The quantitative estimate of drug-likeness (QED) is 0.0260. The number of benzene rings is 1. The van der Waals surface area contributed by atoms with Gasteiger partial charge >= 0.3 is 11.9 Å². The van der Waals surface area contributed by atoms with Gasteiger partial charge in [0, 0.05) is 101 Å². The number of carboxylic acid groups (broad SMARTS) is 1. The summed E-state index contributed by atoms with van der Waals surface area (Å²) in [7, 11) is 1.56. The predicted molar refractivity (Wildman–Crippen MR) is 545 cm³/mol. The van der Waals surface area contributed by atoms with Crippen LogP contribution < -0.4 is 37.6 Å². The van der Waals surface area contributed by atoms with Crippen molar-refractivity contribution in [2.24, 2.45) is 5.73 Å². The van der Waals surface area contributed by atoms with E-state index in [2.05, 4.69) is 112 Å². The number of halogens is 1. The molecule has 0 spiro atoms. The standard InChI is InChI=1S/C17H14N2O2S.C12H14N2O2S.C11H9BrN2O2S.2C11H10N2O2S.C10H9NO3S.C9H8N2O2S.C8H6N2O2S.C8H5NO3S/c20-17(18-12-6-7-12)13-10-14(21-19-13)16-9-8-15(22-16)11-4-2-1-3-5-11;1-12(2,3)13-11(15)8-7-9(16-14-8)10-5-4-6-17-10;12-7-3-4-17-10(7)9-5-8(14-16-9)11(15)13-6-1-2-6;2*14-11(12-7-3-4-7)8-6-9(15-13-8)10-2-1-5-16-10;1-2-13-10(12)7-6-8(14-11-7)9-4-3-5-15-9;1-10-9(12)6-5-7(13-11-6)8-3-2-4-14-8;9-8(11)5-4-6(12-10-5)7-2-1-3-13-7;10-8(11)5-4-6(12-9-5)7-2-1-3-13-7/h1-5,8-10,12H,6-7H2,(H,18,20);4-7H,1-3H3,(H,13,15);3-6H,1-2H2,(H,13,15);2*1-2,5-7H,3-4H2,(H,12,14);3-6H,2H2,1H3;2-5H,1H3,(H,10,12);1-4H,(H2,9,11);1-4H,(H,10,11). The number of hydrogen-bond acceptors (Lipinski definition) is 37. The third-order valence-corrected chi connectivity index (χ3v) is 28.6. The van der Waals surface area contributed by atoms with Crippen LogP contribution in [-0.2, 0) is 4.74 Å². The first-order valence-corrected chi connectivity index (χ1v) is 52.3. The SMILES string of the molecule is CC(C)(C)NC(=O)c1cc(-c2cccs2)on1.CCOC(=O)c1cc(-c2cccs2)on1.CNC(=O)c1cc(-c2cccs2)on1.NC(=O)c1cc(-c2cccs2)on1.O=C(NC1CC1)c1cc(-c2ccc(-c3ccccc3)s2)on1.O=C(NC1CC1)c1cc(-c2cccs2)on1.O=C(NC1CC1)c1cc(-c2cccs2)on1.O=C(NC1CC1)c1cc(-c2sccc2Br)on1.O=C(O)c1cc(-c2cccs2)on1. The van der Waals surface area contributed by atoms with Gasteiger partial charge in [0.25, 0.3) is 41.4 Å². The minimum atomic E-state index is -1.08. The number of nitrogens with two attached hydrogens (primary N) is 1. The number of carbonyl (C=O) groups is 9. The average Bonchev–Trinajstić information content (AvgIpc) is 1.68. The molecule has 9 N–H and O–H groups in total. The number of carboxylic acids is 1. The molecular formula is C97H85BrN16O20S9. The molecule has 18 aromatic heterocycles. The third kappa shape index (κ3) is 30.3. The van der Waals surface area contributed by atoms with Gasteiger partial charge in [0.2, 0.25) is 0 Å². The van der Waals surface area contributed by atoms with E-state index in [4.69, 9.17) is 56.3 Å². The second-order valence-corrected chi connectivity index (χ2v) is 41.3. The van der Waals surface area contributed by atoms with Gasteiger partial charge in [0.15, 0.2) is 103 Å². The van der Waals surface area contributed by atoms with Crippen molar-refractivity contribution in [2.75, 3.05) is 13.7 Å². The molecule has 4 aliphatic carbocycles. The molecule has 0 aliphatic heterocycles. The number of thiophene rings is 9. The normalized spacial score (nSPS) is 12.5. The van der Waals surface area contributed by atoms with Crippen molar-refractivity contribution in [1.29, 1.82) is 0 Å². The first kappa shape index (κ1) is 103. The van der Waals surface area contributed by atoms with Crippen molar-refractivity contribution in [1.82, 2.24) is 78.3 Å². The summed E-state index contributed by atoms with van der Waals surface area (Å²) in [5, 5.41) is 74.2. The van der Waals surface area contributed by atoms with Gasteiger partial charge < -0.3 is 88.2 Å². The molecule has 1 aromatic carbocycles. The fourth-order valence-electron chi connectivity index (χ4n) is 11.8. The summed E-state index contributed by atoms with van der Waals surface area (Å²) in [6, 6.07) is 58.8. The minimum Gasteiger partial charge on any atom is -0.476 e. The predicted octanol–water partition coefficient (Wildman–Crippen LogP) is 22.5. The van der Waals surface area contributed by atoms with Crippen LogP contribution in [0.3, 0.4) is 0 Å². The lowest BCUT2D eigenvalue weighted by Gasteiger charge is -2.19. The van der Waals surface area contributed by atoms with Crippen LogP contribution in [0, 0.1) is 0 Å². The maximum absolute atomic E-state index is 11.9. The zero-order valence-electron chi connectivity index (χ0n) is 76.0. The number of amides is 7. The Bertz CT molecular complexity index is 7130. The summed E-state index contributed by atoms with van der Waals surface area (Å²) in [4.78, 5) is 112. The number of carbonyl (C=O) groups excluding carboxylic acids is 8. The highest BCUT2D eigenvalue weighted by Gasteiger charge is 2.31. The second kappa shape index (κ2) is 49.5. The smallest absolute Gasteiger partial charge is 0.360 e. The van der Waals surface area contributed by atoms with E-state index in [0.717, 1.165) is 105 Å². The first-order valence-electron chi connectivity index (χ1n) is 43.7. The topological polar surface area (TPSA) is 516 Å². The van der Waals surface area contributed by atoms with Gasteiger partial charge in [-0.05, 0) is 204 Å². The molecule has 0 radical (unpaired) electrons. The van der Waals surface area contributed by atoms with Crippen molar-refractivity contribution in [2.45, 2.75) is 109 Å². The number of esters is 1. The second-order valence-electron chi connectivity index (χ2n) is 31.8. The number of ether oxygens (including phenoxy) is 1. The van der Waals surface area contributed by atoms with Crippen molar-refractivity contribution < 1.29 is 93.7 Å². The number of nitrogens with zero attached hydrogens (tertiary/aromatic N) is 9. The van der Waals surface area contributed by atoms with E-state index >= 15 is 0 Å². The van der Waals surface area contributed by atoms with Gasteiger partial charge in [-0.1, -0.05) is 119 Å². The van der Waals surface area contributed by atoms with Crippen LogP contribution in [0.4, 0.5) is 0 Å². The van der Waals surface area contributed by atoms with Gasteiger partial charge in [-0.2, -0.15) is 0 Å². The van der Waals surface area contributed by atoms with Crippen LogP contribution in [0.25, 0.3) is 106 Å². The van der Waals surface area contributed by atoms with E-state index in [1.165, 1.54) is 51.7 Å². The molecule has 46 heteroatoms. The molecule has 4 fully saturated rings. The monoisotopic (exact) mass is 2160 g/mol. The summed E-state index contributed by atoms with van der Waals surface area (Å²) in [5.41, 5.74) is 8.22. The lowest BCUT2D eigenvalue weighted by Crippen LogP contribution is -2.40. The molecule has 4 aliphatic rings. The van der Waals surface area contributed by atoms with Crippen LogP contribution >= 0.6 is 118 Å². The average molecular weight is 2160 g/mol. The highest BCUT2D eigenvalue weighted by atomic mass is 79.9. The molecule has 734 valence electrons. The molecule has 7 amide bonds. The molecule has 36 nitrogen and oxygen atoms in total. The molecule has 143 heavy (non-hydrogen) atoms. The molecule has 18 heterocycles. The van der Waals surface area contributed by atoms with Crippen molar-refractivity contribution in [3.63, 3.8) is 0 Å². The molecule has 23 rings (SSSR count). The highest BCUT2D eigenvalue weighted by Crippen LogP contribution is 2.39. The number of primary amides is 1. The number of nitrogens with one attached hydrogen (secondary N) is 6. The van der Waals surface area contributed by atoms with Crippen LogP contribution in [-0.4, -0.2) is 148 Å². The van der Waals surface area contributed by atoms with E-state index in [9.17, 15) is 43.2 Å². The number of rotatable bonds is 24. The van der Waals surface area contributed by atoms with Gasteiger partial charge in [-0.15, -0.1) is 102 Å². The molecule has 0 bridgehead atoms. The molecule has 19 aromatic rings. The van der Waals surface area contributed by atoms with Crippen molar-refractivity contribution >= 4 is 171 Å². The Morgan fingerprint density at radius 1 is 0.350 bits per heavy atom. The van der Waals surface area contributed by atoms with E-state index in [0.29, 0.717) is 117 Å². The molecule has 0 unspecified atom stereocenters. The Morgan fingerprint density at radius 3 is 0.923 bits per heavy atom. The molecular weight excluding hydrogens is 2080 g/mol. The Kier molecular flexibility index (Phi) is 35.5. The van der Waals surface area contributed by atoms with E-state index in [-0.39, 0.29) is 58.1 Å². The van der Waals surface area contributed by atoms with Gasteiger partial charge in [0.05, 0.1) is 50.5 Å². The van der Waals surface area contributed by atoms with E-state index < -0.39 is 17.8 Å². The summed E-state index contributed by atoms with van der Waals surface area (Å²) < 4.78 is 51.5. The van der Waals surface area contributed by atoms with Crippen LogP contribution in [0.2, 0.25) is 0 Å². The van der Waals surface area contributed by atoms with E-state index in [1.807, 2.05) is 179 Å². The zero-order chi connectivity index (χ0) is 100. The Labute approximate surface area is 857 Å². The Balaban J connectivity index is 0.000000122. The maximum Gasteiger partial charge on any atom is 0.360 e. The molecule has 0 saturated heterocycles. The zero-order valence-corrected chi connectivity index (χ0v) is 85.0. The van der Waals surface area contributed by atoms with Gasteiger partial charge in [0.1, 0.15) is 0 Å². The summed E-state index contributed by atoms with van der Waals surface area (Å²) >= 11 is 17.3. The van der Waals surface area contributed by atoms with Gasteiger partial charge in [-0.3, -0.25) is 33.6 Å². The number of aromatic nitrogens is 9. The van der Waals surface area contributed by atoms with Crippen LogP contribution in [0.1, 0.15) is 173 Å².